The molecule has 1 fully saturated rings. The van der Waals surface area contributed by atoms with Gasteiger partial charge in [-0.05, 0) is 31.0 Å². The third-order valence-corrected chi connectivity index (χ3v) is 6.08. The zero-order valence-electron chi connectivity index (χ0n) is 13.1. The molecule has 0 spiro atoms. The third-order valence-electron chi connectivity index (χ3n) is 4.26. The van der Waals surface area contributed by atoms with Crippen LogP contribution in [-0.2, 0) is 14.8 Å². The quantitative estimate of drug-likeness (QED) is 0.868. The van der Waals surface area contributed by atoms with Gasteiger partial charge in [0.05, 0.1) is 10.9 Å². The Morgan fingerprint density at radius 1 is 1.00 bits per heavy atom. The molecule has 1 heterocycles. The van der Waals surface area contributed by atoms with Crippen LogP contribution in [-0.4, -0.2) is 18.6 Å². The van der Waals surface area contributed by atoms with Crippen LogP contribution >= 0.6 is 0 Å². The predicted octanol–water partition coefficient (Wildman–Crippen LogP) is 3.29. The number of sulfonamides is 1. The van der Waals surface area contributed by atoms with Crippen LogP contribution in [0.2, 0.25) is 0 Å². The van der Waals surface area contributed by atoms with Gasteiger partial charge in [0.15, 0.2) is 0 Å². The van der Waals surface area contributed by atoms with Gasteiger partial charge in [-0.1, -0.05) is 55.0 Å². The second-order valence-corrected chi connectivity index (χ2v) is 7.83. The lowest BCUT2D eigenvalue weighted by molar-refractivity contribution is -0.127. The Balaban J connectivity index is 2.07. The molecule has 0 saturated carbocycles. The number of nitrogens with zero attached hydrogens (tertiary/aromatic N) is 1. The molecule has 0 bridgehead atoms. The first-order valence-corrected chi connectivity index (χ1v) is 9.05. The summed E-state index contributed by atoms with van der Waals surface area (Å²) in [4.78, 5) is 12.7. The maximum absolute atomic E-state index is 13.0. The molecule has 0 aromatic heterocycles. The summed E-state index contributed by atoms with van der Waals surface area (Å²) in [5.41, 5.74) is 1.82. The lowest BCUT2D eigenvalue weighted by Crippen LogP contribution is -2.35. The van der Waals surface area contributed by atoms with Crippen molar-refractivity contribution in [3.63, 3.8) is 0 Å². The van der Waals surface area contributed by atoms with Crippen molar-refractivity contribution in [3.05, 3.63) is 65.7 Å². The predicted molar refractivity (Wildman–Crippen MR) is 88.2 cm³/mol. The average Bonchev–Trinajstić information content (AvgIpc) is 2.85. The second kappa shape index (κ2) is 5.81. The summed E-state index contributed by atoms with van der Waals surface area (Å²) in [7, 11) is -3.85. The van der Waals surface area contributed by atoms with Crippen molar-refractivity contribution in [2.24, 2.45) is 5.92 Å². The van der Waals surface area contributed by atoms with E-state index in [1.165, 1.54) is 0 Å². The van der Waals surface area contributed by atoms with E-state index in [-0.39, 0.29) is 16.7 Å². The minimum Gasteiger partial charge on any atom is -0.273 e. The molecular formula is C18H19NO3S. The Hall–Kier alpha value is -2.14. The molecule has 1 aliphatic heterocycles. The lowest BCUT2D eigenvalue weighted by Gasteiger charge is -2.24. The fourth-order valence-corrected chi connectivity index (χ4v) is 4.63. The van der Waals surface area contributed by atoms with Gasteiger partial charge in [0, 0.05) is 5.92 Å². The van der Waals surface area contributed by atoms with Crippen molar-refractivity contribution in [1.29, 1.82) is 0 Å². The summed E-state index contributed by atoms with van der Waals surface area (Å²) in [6.07, 6.45) is 0.508. The summed E-state index contributed by atoms with van der Waals surface area (Å²) in [6.45, 7) is 3.68. The zero-order chi connectivity index (χ0) is 16.6. The van der Waals surface area contributed by atoms with Gasteiger partial charge >= 0.3 is 0 Å². The Kier molecular flexibility index (Phi) is 3.98. The first-order chi connectivity index (χ1) is 10.9. The smallest absolute Gasteiger partial charge is 0.267 e. The number of amides is 1. The molecule has 2 atom stereocenters. The highest BCUT2D eigenvalue weighted by molar-refractivity contribution is 7.89. The van der Waals surface area contributed by atoms with Crippen molar-refractivity contribution in [2.45, 2.75) is 31.2 Å². The first kappa shape index (κ1) is 15.7. The fourth-order valence-electron chi connectivity index (χ4n) is 2.96. The van der Waals surface area contributed by atoms with E-state index in [0.717, 1.165) is 15.4 Å². The minimum atomic E-state index is -3.85. The molecule has 3 rings (SSSR count). The maximum Gasteiger partial charge on any atom is 0.267 e. The van der Waals surface area contributed by atoms with Gasteiger partial charge in [0.1, 0.15) is 0 Å². The average molecular weight is 329 g/mol. The SMILES string of the molecule is Cc1ccc(S(=O)(=O)N2C(=O)C(C)CC2c2ccccc2)cc1. The van der Waals surface area contributed by atoms with E-state index in [1.54, 1.807) is 31.2 Å². The summed E-state index contributed by atoms with van der Waals surface area (Å²) in [6, 6.07) is 15.5. The molecule has 23 heavy (non-hydrogen) atoms. The molecule has 1 saturated heterocycles. The molecule has 0 aliphatic carbocycles. The van der Waals surface area contributed by atoms with Gasteiger partial charge in [-0.25, -0.2) is 12.7 Å². The highest BCUT2D eigenvalue weighted by atomic mass is 32.2. The topological polar surface area (TPSA) is 54.5 Å². The van der Waals surface area contributed by atoms with Crippen molar-refractivity contribution < 1.29 is 13.2 Å². The molecule has 4 nitrogen and oxygen atoms in total. The van der Waals surface area contributed by atoms with E-state index in [2.05, 4.69) is 0 Å². The van der Waals surface area contributed by atoms with Crippen LogP contribution in [0.25, 0.3) is 0 Å². The normalized spacial score (nSPS) is 21.7. The van der Waals surface area contributed by atoms with Crippen molar-refractivity contribution in [1.82, 2.24) is 4.31 Å². The maximum atomic E-state index is 13.0. The molecular weight excluding hydrogens is 310 g/mol. The van der Waals surface area contributed by atoms with Crippen LogP contribution in [0.3, 0.4) is 0 Å². The number of hydrogen-bond acceptors (Lipinski definition) is 3. The number of carbonyl (C=O) groups excluding carboxylic acids is 1. The van der Waals surface area contributed by atoms with E-state index in [4.69, 9.17) is 0 Å². The number of benzene rings is 2. The van der Waals surface area contributed by atoms with Crippen LogP contribution in [0.5, 0.6) is 0 Å². The zero-order valence-corrected chi connectivity index (χ0v) is 14.0. The summed E-state index contributed by atoms with van der Waals surface area (Å²) in [5, 5.41) is 0. The monoisotopic (exact) mass is 329 g/mol. The Morgan fingerprint density at radius 2 is 1.61 bits per heavy atom. The molecule has 0 N–H and O–H groups in total. The Labute approximate surface area is 136 Å². The largest absolute Gasteiger partial charge is 0.273 e. The first-order valence-electron chi connectivity index (χ1n) is 7.61. The van der Waals surface area contributed by atoms with Crippen LogP contribution in [0.15, 0.2) is 59.5 Å². The fraction of sp³-hybridized carbons (Fsp3) is 0.278. The second-order valence-electron chi connectivity index (χ2n) is 6.02. The standard InChI is InChI=1S/C18H19NO3S/c1-13-8-10-16(11-9-13)23(21,22)19-17(12-14(2)18(19)20)15-6-4-3-5-7-15/h3-11,14,17H,12H2,1-2H3. The van der Waals surface area contributed by atoms with Gasteiger partial charge in [-0.3, -0.25) is 4.79 Å². The molecule has 1 amide bonds. The molecule has 2 aromatic rings. The van der Waals surface area contributed by atoms with Crippen LogP contribution in [0.4, 0.5) is 0 Å². The van der Waals surface area contributed by atoms with Gasteiger partial charge in [0.2, 0.25) is 5.91 Å². The molecule has 2 unspecified atom stereocenters. The molecule has 5 heteroatoms. The Morgan fingerprint density at radius 3 is 2.22 bits per heavy atom. The van der Waals surface area contributed by atoms with Crippen LogP contribution in [0, 0.1) is 12.8 Å². The minimum absolute atomic E-state index is 0.159. The number of carbonyl (C=O) groups is 1. The van der Waals surface area contributed by atoms with E-state index in [0.29, 0.717) is 6.42 Å². The van der Waals surface area contributed by atoms with Gasteiger partial charge in [-0.15, -0.1) is 0 Å². The van der Waals surface area contributed by atoms with Crippen molar-refractivity contribution >= 4 is 15.9 Å². The molecule has 120 valence electrons. The lowest BCUT2D eigenvalue weighted by atomic mass is 10.0. The highest BCUT2D eigenvalue weighted by Gasteiger charge is 2.45. The number of aryl methyl sites for hydroxylation is 1. The van der Waals surface area contributed by atoms with Crippen molar-refractivity contribution in [3.8, 4) is 0 Å². The number of rotatable bonds is 3. The van der Waals surface area contributed by atoms with Crippen molar-refractivity contribution in [2.75, 3.05) is 0 Å². The Bertz CT molecular complexity index is 813. The van der Waals surface area contributed by atoms with Crippen LogP contribution < -0.4 is 0 Å². The molecule has 1 aliphatic rings. The van der Waals surface area contributed by atoms with Gasteiger partial charge in [0.25, 0.3) is 10.0 Å². The van der Waals surface area contributed by atoms with E-state index in [1.807, 2.05) is 37.3 Å². The van der Waals surface area contributed by atoms with E-state index < -0.39 is 16.1 Å². The van der Waals surface area contributed by atoms with Gasteiger partial charge in [-0.2, -0.15) is 0 Å². The van der Waals surface area contributed by atoms with Crippen LogP contribution in [0.1, 0.15) is 30.5 Å². The van der Waals surface area contributed by atoms with E-state index in [9.17, 15) is 13.2 Å². The summed E-state index contributed by atoms with van der Waals surface area (Å²) < 4.78 is 27.0. The third kappa shape index (κ3) is 2.77. The molecule has 2 aromatic carbocycles. The summed E-state index contributed by atoms with van der Waals surface area (Å²) >= 11 is 0. The molecule has 0 radical (unpaired) electrons. The highest BCUT2D eigenvalue weighted by Crippen LogP contribution is 2.40. The summed E-state index contributed by atoms with van der Waals surface area (Å²) in [5.74, 6) is -0.639. The van der Waals surface area contributed by atoms with E-state index >= 15 is 0 Å². The number of hydrogen-bond donors (Lipinski definition) is 0. The van der Waals surface area contributed by atoms with Gasteiger partial charge < -0.3 is 0 Å².